The zero-order chi connectivity index (χ0) is 22.1. The van der Waals surface area contributed by atoms with E-state index in [1.54, 1.807) is 32.4 Å². The lowest BCUT2D eigenvalue weighted by atomic mass is 9.56. The summed E-state index contributed by atoms with van der Waals surface area (Å²) in [6, 6.07) is 11.9. The molecule has 3 rings (SSSR count). The molecule has 1 N–H and O–H groups in total. The van der Waals surface area contributed by atoms with Crippen LogP contribution in [0, 0.1) is 50.7 Å². The number of allylic oxidation sites excluding steroid dienone is 1. The number of ether oxygens (including phenoxy) is 2. The zero-order valence-electron chi connectivity index (χ0n) is 17.7. The van der Waals surface area contributed by atoms with Crippen LogP contribution in [0.1, 0.15) is 31.7 Å². The molecule has 7 nitrogen and oxygen atoms in total. The molecule has 2 unspecified atom stereocenters. The largest absolute Gasteiger partial charge is 0.497 e. The van der Waals surface area contributed by atoms with Crippen molar-refractivity contribution in [2.24, 2.45) is 11.3 Å². The molecule has 1 aromatic rings. The van der Waals surface area contributed by atoms with Crippen LogP contribution in [0.25, 0.3) is 0 Å². The highest BCUT2D eigenvalue weighted by Gasteiger charge is 2.56. The van der Waals surface area contributed by atoms with Gasteiger partial charge in [0.2, 0.25) is 0 Å². The summed E-state index contributed by atoms with van der Waals surface area (Å²) < 4.78 is 11.0. The minimum absolute atomic E-state index is 0.185. The molecule has 154 valence electrons. The molecule has 1 fully saturated rings. The number of piperidine rings is 1. The minimum atomic E-state index is -1.79. The Morgan fingerprint density at radius 2 is 1.87 bits per heavy atom. The number of hydrogen-bond acceptors (Lipinski definition) is 7. The van der Waals surface area contributed by atoms with E-state index in [0.29, 0.717) is 30.0 Å². The van der Waals surface area contributed by atoms with Crippen molar-refractivity contribution in [3.05, 3.63) is 34.9 Å². The van der Waals surface area contributed by atoms with Gasteiger partial charge in [-0.3, -0.25) is 4.90 Å². The van der Waals surface area contributed by atoms with Crippen LogP contribution >= 0.6 is 0 Å². The molecule has 0 spiro atoms. The van der Waals surface area contributed by atoms with Crippen LogP contribution in [0.3, 0.4) is 0 Å². The standard InChI is InChI=1S/C23H25N5O2/c1-14(2)28-8-7-16-18(10-24)22(27)23(12-25,13-26)21(19(16)11-28)17-9-15(29-3)5-6-20(17)30-4/h5-6,9,14,19,21,27H,7-8,11H2,1-4H3. The van der Waals surface area contributed by atoms with E-state index in [1.165, 1.54) is 0 Å². The predicted molar refractivity (Wildman–Crippen MR) is 111 cm³/mol. The maximum Gasteiger partial charge on any atom is 0.193 e. The Morgan fingerprint density at radius 3 is 2.40 bits per heavy atom. The summed E-state index contributed by atoms with van der Waals surface area (Å²) in [5.41, 5.74) is -0.317. The second-order valence-corrected chi connectivity index (χ2v) is 7.95. The fraction of sp³-hybridized carbons (Fsp3) is 0.478. The molecule has 30 heavy (non-hydrogen) atoms. The van der Waals surface area contributed by atoms with Gasteiger partial charge < -0.3 is 14.9 Å². The maximum atomic E-state index is 10.2. The van der Waals surface area contributed by atoms with Crippen molar-refractivity contribution < 1.29 is 9.47 Å². The molecular formula is C23H25N5O2. The molecular weight excluding hydrogens is 378 g/mol. The van der Waals surface area contributed by atoms with E-state index in [2.05, 4.69) is 37.0 Å². The number of methoxy groups -OCH3 is 2. The normalized spacial score (nSPS) is 23.2. The Bertz CT molecular complexity index is 1010. The summed E-state index contributed by atoms with van der Waals surface area (Å²) in [6.07, 6.45) is 0.629. The van der Waals surface area contributed by atoms with Crippen molar-refractivity contribution in [3.8, 4) is 29.7 Å². The van der Waals surface area contributed by atoms with Crippen molar-refractivity contribution in [2.45, 2.75) is 32.2 Å². The fourth-order valence-corrected chi connectivity index (χ4v) is 4.74. The number of fused-ring (bicyclic) bond motifs is 1. The van der Waals surface area contributed by atoms with Crippen LogP contribution in [-0.2, 0) is 0 Å². The average molecular weight is 403 g/mol. The van der Waals surface area contributed by atoms with Gasteiger partial charge in [-0.25, -0.2) is 0 Å². The quantitative estimate of drug-likeness (QED) is 0.823. The van der Waals surface area contributed by atoms with Crippen molar-refractivity contribution in [1.29, 1.82) is 21.2 Å². The highest BCUT2D eigenvalue weighted by atomic mass is 16.5. The summed E-state index contributed by atoms with van der Waals surface area (Å²) in [5.74, 6) is 0.198. The second-order valence-electron chi connectivity index (χ2n) is 7.95. The third-order valence-electron chi connectivity index (χ3n) is 6.35. The summed E-state index contributed by atoms with van der Waals surface area (Å²) in [6.45, 7) is 5.58. The van der Waals surface area contributed by atoms with E-state index in [4.69, 9.17) is 14.9 Å². The SMILES string of the molecule is COc1ccc(OC)c(C2C3CN(C(C)C)CCC3=C(C#N)C(=N)C2(C#N)C#N)c1. The Balaban J connectivity index is 2.34. The van der Waals surface area contributed by atoms with Crippen LogP contribution in [0.4, 0.5) is 0 Å². The monoisotopic (exact) mass is 403 g/mol. The molecule has 0 amide bonds. The minimum Gasteiger partial charge on any atom is -0.497 e. The Labute approximate surface area is 177 Å². The van der Waals surface area contributed by atoms with Gasteiger partial charge in [-0.05, 0) is 44.0 Å². The summed E-state index contributed by atoms with van der Waals surface area (Å²) >= 11 is 0. The van der Waals surface area contributed by atoms with E-state index in [9.17, 15) is 15.8 Å². The number of nitrogens with zero attached hydrogens (tertiary/aromatic N) is 4. The van der Waals surface area contributed by atoms with Gasteiger partial charge >= 0.3 is 0 Å². The van der Waals surface area contributed by atoms with Crippen molar-refractivity contribution in [2.75, 3.05) is 27.3 Å². The first-order chi connectivity index (χ1) is 14.4. The fourth-order valence-electron chi connectivity index (χ4n) is 4.74. The van der Waals surface area contributed by atoms with E-state index < -0.39 is 11.3 Å². The number of nitrogens with one attached hydrogen (secondary N) is 1. The lowest BCUT2D eigenvalue weighted by Crippen LogP contribution is -2.51. The van der Waals surface area contributed by atoms with Gasteiger partial charge in [0.05, 0.1) is 37.6 Å². The molecule has 1 saturated heterocycles. The van der Waals surface area contributed by atoms with Gasteiger partial charge in [-0.2, -0.15) is 15.8 Å². The van der Waals surface area contributed by atoms with Crippen LogP contribution in [0.2, 0.25) is 0 Å². The Hall–Kier alpha value is -3.34. The lowest BCUT2D eigenvalue weighted by molar-refractivity contribution is 0.147. The molecule has 1 aromatic carbocycles. The maximum absolute atomic E-state index is 10.2. The number of rotatable bonds is 4. The van der Waals surface area contributed by atoms with Gasteiger partial charge in [0.25, 0.3) is 0 Å². The Kier molecular flexibility index (Phi) is 5.83. The van der Waals surface area contributed by atoms with E-state index >= 15 is 0 Å². The van der Waals surface area contributed by atoms with Crippen LogP contribution < -0.4 is 9.47 Å². The van der Waals surface area contributed by atoms with Gasteiger partial charge in [-0.15, -0.1) is 0 Å². The van der Waals surface area contributed by atoms with Gasteiger partial charge in [0.15, 0.2) is 5.41 Å². The molecule has 2 aliphatic rings. The summed E-state index contributed by atoms with van der Waals surface area (Å²) in [5, 5.41) is 38.9. The lowest BCUT2D eigenvalue weighted by Gasteiger charge is -2.47. The molecule has 1 aliphatic heterocycles. The zero-order valence-corrected chi connectivity index (χ0v) is 17.7. The number of likely N-dealkylation sites (tertiary alicyclic amines) is 1. The van der Waals surface area contributed by atoms with Crippen molar-refractivity contribution >= 4 is 5.71 Å². The van der Waals surface area contributed by atoms with E-state index in [-0.39, 0.29) is 23.2 Å². The Morgan fingerprint density at radius 1 is 1.17 bits per heavy atom. The van der Waals surface area contributed by atoms with Crippen LogP contribution in [0.15, 0.2) is 29.3 Å². The first-order valence-electron chi connectivity index (χ1n) is 9.89. The average Bonchev–Trinajstić information content (AvgIpc) is 2.77. The van der Waals surface area contributed by atoms with Crippen molar-refractivity contribution in [1.82, 2.24) is 4.90 Å². The van der Waals surface area contributed by atoms with E-state index in [0.717, 1.165) is 12.1 Å². The van der Waals surface area contributed by atoms with Crippen LogP contribution in [0.5, 0.6) is 11.5 Å². The third kappa shape index (κ3) is 3.11. The number of nitriles is 3. The van der Waals surface area contributed by atoms with Gasteiger partial charge in [0, 0.05) is 36.5 Å². The molecule has 1 aliphatic carbocycles. The van der Waals surface area contributed by atoms with Gasteiger partial charge in [0.1, 0.15) is 17.6 Å². The van der Waals surface area contributed by atoms with Crippen LogP contribution in [-0.4, -0.2) is 44.0 Å². The summed E-state index contributed by atoms with van der Waals surface area (Å²) in [7, 11) is 3.09. The van der Waals surface area contributed by atoms with E-state index in [1.807, 2.05) is 0 Å². The topological polar surface area (TPSA) is 117 Å². The second kappa shape index (κ2) is 8.19. The number of benzene rings is 1. The van der Waals surface area contributed by atoms with Crippen molar-refractivity contribution in [3.63, 3.8) is 0 Å². The molecule has 1 heterocycles. The number of hydrogen-bond donors (Lipinski definition) is 1. The highest BCUT2D eigenvalue weighted by Crippen LogP contribution is 2.54. The molecule has 2 atom stereocenters. The highest BCUT2D eigenvalue weighted by molar-refractivity contribution is 6.11. The third-order valence-corrected chi connectivity index (χ3v) is 6.35. The van der Waals surface area contributed by atoms with Gasteiger partial charge in [-0.1, -0.05) is 0 Å². The first-order valence-corrected chi connectivity index (χ1v) is 9.89. The first kappa shape index (κ1) is 21.4. The smallest absolute Gasteiger partial charge is 0.193 e. The predicted octanol–water partition coefficient (Wildman–Crippen LogP) is 3.40. The molecule has 0 radical (unpaired) electrons. The molecule has 0 aromatic heterocycles. The molecule has 0 saturated carbocycles. The summed E-state index contributed by atoms with van der Waals surface area (Å²) in [4.78, 5) is 2.29. The molecule has 0 bridgehead atoms. The molecule has 7 heteroatoms.